The van der Waals surface area contributed by atoms with Crippen LogP contribution in [0.4, 0.5) is 5.69 Å². The van der Waals surface area contributed by atoms with E-state index in [1.165, 1.54) is 36.3 Å². The zero-order valence-electron chi connectivity index (χ0n) is 17.7. The Labute approximate surface area is 178 Å². The number of carbonyl (C=O) groups is 3. The molecule has 31 heavy (non-hydrogen) atoms. The maximum atomic E-state index is 13.1. The van der Waals surface area contributed by atoms with Crippen molar-refractivity contribution < 1.29 is 33.9 Å². The van der Waals surface area contributed by atoms with E-state index in [0.29, 0.717) is 11.4 Å². The maximum absolute atomic E-state index is 13.1. The molecule has 1 aliphatic heterocycles. The van der Waals surface area contributed by atoms with Gasteiger partial charge in [-0.05, 0) is 19.4 Å². The molecule has 0 saturated carbocycles. The first-order valence-electron chi connectivity index (χ1n) is 9.48. The number of aliphatic carboxylic acids is 1. The van der Waals surface area contributed by atoms with Crippen LogP contribution in [0.5, 0.6) is 0 Å². The Balaban J connectivity index is 2.70. The van der Waals surface area contributed by atoms with E-state index in [1.54, 1.807) is 20.8 Å². The molecular formula is C21H24N2O8. The van der Waals surface area contributed by atoms with Crippen molar-refractivity contribution in [2.75, 3.05) is 20.4 Å². The van der Waals surface area contributed by atoms with E-state index in [-0.39, 0.29) is 35.5 Å². The Morgan fingerprint density at radius 3 is 2.39 bits per heavy atom. The molecule has 0 saturated heterocycles. The lowest BCUT2D eigenvalue weighted by Gasteiger charge is -2.37. The quantitative estimate of drug-likeness (QED) is 0.355. The zero-order valence-corrected chi connectivity index (χ0v) is 17.7. The Kier molecular flexibility index (Phi) is 7.65. The number of esters is 1. The van der Waals surface area contributed by atoms with Crippen molar-refractivity contribution in [2.45, 2.75) is 33.1 Å². The smallest absolute Gasteiger partial charge is 0.334 e. The second-order valence-electron chi connectivity index (χ2n) is 6.87. The third kappa shape index (κ3) is 4.97. The molecule has 0 aliphatic carbocycles. The van der Waals surface area contributed by atoms with Gasteiger partial charge in [0, 0.05) is 48.5 Å². The number of hydrogen-bond acceptors (Lipinski definition) is 8. The number of carbonyl (C=O) groups excluding carboxylic acids is 2. The first-order chi connectivity index (χ1) is 14.6. The minimum absolute atomic E-state index is 0.0123. The normalized spacial score (nSPS) is 16.4. The Hall–Kier alpha value is -3.53. The number of ether oxygens (including phenoxy) is 2. The molecule has 0 fully saturated rings. The fourth-order valence-electron chi connectivity index (χ4n) is 3.55. The van der Waals surface area contributed by atoms with Crippen molar-refractivity contribution in [1.29, 1.82) is 0 Å². The van der Waals surface area contributed by atoms with E-state index in [2.05, 4.69) is 0 Å². The first kappa shape index (κ1) is 23.7. The van der Waals surface area contributed by atoms with Crippen molar-refractivity contribution in [3.8, 4) is 0 Å². The maximum Gasteiger partial charge on any atom is 0.334 e. The second kappa shape index (κ2) is 9.98. The summed E-state index contributed by atoms with van der Waals surface area (Å²) in [4.78, 5) is 49.1. The van der Waals surface area contributed by atoms with Gasteiger partial charge in [0.05, 0.1) is 10.5 Å². The molecule has 10 heteroatoms. The van der Waals surface area contributed by atoms with Gasteiger partial charge in [-0.2, -0.15) is 0 Å². The Morgan fingerprint density at radius 2 is 1.84 bits per heavy atom. The highest BCUT2D eigenvalue weighted by atomic mass is 16.6. The third-order valence-electron chi connectivity index (χ3n) is 5.02. The predicted molar refractivity (Wildman–Crippen MR) is 109 cm³/mol. The monoisotopic (exact) mass is 432 g/mol. The van der Waals surface area contributed by atoms with E-state index in [1.807, 2.05) is 0 Å². The summed E-state index contributed by atoms with van der Waals surface area (Å²) in [7, 11) is 1.43. The molecule has 1 aromatic rings. The number of rotatable bonds is 9. The summed E-state index contributed by atoms with van der Waals surface area (Å²) in [6.45, 7) is 4.20. The number of carboxylic acids is 1. The molecule has 1 N–H and O–H groups in total. The number of benzene rings is 1. The lowest BCUT2D eigenvalue weighted by molar-refractivity contribution is -0.384. The van der Waals surface area contributed by atoms with Gasteiger partial charge in [0.2, 0.25) is 0 Å². The van der Waals surface area contributed by atoms with Gasteiger partial charge in [0.15, 0.2) is 12.4 Å². The summed E-state index contributed by atoms with van der Waals surface area (Å²) >= 11 is 0. The van der Waals surface area contributed by atoms with Crippen LogP contribution in [-0.2, 0) is 23.9 Å². The molecule has 0 radical (unpaired) electrons. The van der Waals surface area contributed by atoms with Crippen molar-refractivity contribution in [2.24, 2.45) is 0 Å². The van der Waals surface area contributed by atoms with Crippen LogP contribution in [0.25, 0.3) is 0 Å². The van der Waals surface area contributed by atoms with Crippen LogP contribution >= 0.6 is 0 Å². The van der Waals surface area contributed by atoms with Crippen LogP contribution in [0, 0.1) is 10.1 Å². The van der Waals surface area contributed by atoms with Gasteiger partial charge in [0.1, 0.15) is 6.73 Å². The Morgan fingerprint density at radius 1 is 1.19 bits per heavy atom. The molecule has 0 bridgehead atoms. The first-order valence-corrected chi connectivity index (χ1v) is 9.48. The van der Waals surface area contributed by atoms with Gasteiger partial charge in [0.25, 0.3) is 5.69 Å². The molecule has 0 amide bonds. The molecule has 10 nitrogen and oxygen atoms in total. The van der Waals surface area contributed by atoms with Gasteiger partial charge >= 0.3 is 11.9 Å². The Bertz CT molecular complexity index is 979. The number of allylic oxidation sites excluding steroid dienone is 2. The predicted octanol–water partition coefficient (Wildman–Crippen LogP) is 2.75. The number of nitro groups is 1. The fraction of sp³-hybridized carbons (Fsp3) is 0.381. The van der Waals surface area contributed by atoms with E-state index in [4.69, 9.17) is 9.47 Å². The minimum atomic E-state index is -1.28. The summed E-state index contributed by atoms with van der Waals surface area (Å²) in [5.41, 5.74) is 0.746. The topological polar surface area (TPSA) is 136 Å². The van der Waals surface area contributed by atoms with Crippen molar-refractivity contribution >= 4 is 23.4 Å². The van der Waals surface area contributed by atoms with E-state index in [0.717, 1.165) is 0 Å². The van der Waals surface area contributed by atoms with Gasteiger partial charge < -0.3 is 19.5 Å². The third-order valence-corrected chi connectivity index (χ3v) is 5.02. The number of hydrogen-bond donors (Lipinski definition) is 1. The molecular weight excluding hydrogens is 408 g/mol. The number of Topliss-reactive ketones (excluding diaryl/α,β-unsaturated/α-hetero) is 1. The van der Waals surface area contributed by atoms with Crippen LogP contribution in [0.1, 0.15) is 38.7 Å². The van der Waals surface area contributed by atoms with E-state index >= 15 is 0 Å². The van der Waals surface area contributed by atoms with Gasteiger partial charge in [-0.15, -0.1) is 0 Å². The van der Waals surface area contributed by atoms with Crippen LogP contribution in [0.15, 0.2) is 46.8 Å². The highest BCUT2D eigenvalue weighted by Gasteiger charge is 2.39. The van der Waals surface area contributed by atoms with Crippen molar-refractivity contribution in [3.05, 3.63) is 62.5 Å². The molecule has 2 rings (SSSR count). The van der Waals surface area contributed by atoms with Gasteiger partial charge in [-0.25, -0.2) is 4.79 Å². The van der Waals surface area contributed by atoms with Crippen molar-refractivity contribution in [3.63, 3.8) is 0 Å². The molecule has 166 valence electrons. The second-order valence-corrected chi connectivity index (χ2v) is 6.87. The van der Waals surface area contributed by atoms with Crippen LogP contribution in [0.2, 0.25) is 0 Å². The standard InChI is InChI=1S/C21H24N2O8/c1-5-17(25)31-10-16(24)18-12(2)22(11-30-4)13(3)19(21(26)27)20(18)14-7-6-8-15(9-14)23(28)29/h6-9,20H,5,10-11H2,1-4H3,(H,26,27)/t20-/m0/s1. The van der Waals surface area contributed by atoms with E-state index in [9.17, 15) is 29.6 Å². The van der Waals surface area contributed by atoms with Crippen LogP contribution in [0.3, 0.4) is 0 Å². The summed E-state index contributed by atoms with van der Waals surface area (Å²) in [6, 6.07) is 5.48. The van der Waals surface area contributed by atoms with E-state index < -0.39 is 35.2 Å². The molecule has 0 aromatic heterocycles. The molecule has 1 atom stereocenters. The number of nitrogens with zero attached hydrogens (tertiary/aromatic N) is 2. The molecule has 1 aliphatic rings. The molecule has 0 spiro atoms. The lowest BCUT2D eigenvalue weighted by Crippen LogP contribution is -2.36. The largest absolute Gasteiger partial charge is 0.478 e. The van der Waals surface area contributed by atoms with Gasteiger partial charge in [-0.3, -0.25) is 19.7 Å². The average Bonchev–Trinajstić information content (AvgIpc) is 2.73. The molecule has 0 unspecified atom stereocenters. The van der Waals surface area contributed by atoms with Crippen LogP contribution in [-0.4, -0.2) is 53.1 Å². The summed E-state index contributed by atoms with van der Waals surface area (Å²) in [5.74, 6) is -3.53. The average molecular weight is 432 g/mol. The van der Waals surface area contributed by atoms with Gasteiger partial charge in [-0.1, -0.05) is 19.1 Å². The fourth-order valence-corrected chi connectivity index (χ4v) is 3.55. The highest BCUT2D eigenvalue weighted by Crippen LogP contribution is 2.42. The number of non-ortho nitro benzene ring substituents is 1. The molecule has 1 aromatic carbocycles. The minimum Gasteiger partial charge on any atom is -0.478 e. The lowest BCUT2D eigenvalue weighted by atomic mass is 9.78. The number of carboxylic acid groups (broad SMARTS) is 1. The highest BCUT2D eigenvalue weighted by molar-refractivity contribution is 6.03. The number of methoxy groups -OCH3 is 1. The SMILES string of the molecule is CCC(=O)OCC(=O)C1=C(C)N(COC)C(C)=C(C(=O)O)[C@H]1c1cccc([N+](=O)[O-])c1. The zero-order chi connectivity index (χ0) is 23.3. The summed E-state index contributed by atoms with van der Waals surface area (Å²) < 4.78 is 10.1. The van der Waals surface area contributed by atoms with Crippen LogP contribution < -0.4 is 0 Å². The summed E-state index contributed by atoms with van der Waals surface area (Å²) in [6.07, 6.45) is 0.0782. The molecule has 1 heterocycles. The number of ketones is 1. The summed E-state index contributed by atoms with van der Waals surface area (Å²) in [5, 5.41) is 21.2. The van der Waals surface area contributed by atoms with Crippen molar-refractivity contribution in [1.82, 2.24) is 4.90 Å². The number of nitro benzene ring substituents is 1.